The van der Waals surface area contributed by atoms with Gasteiger partial charge in [-0.1, -0.05) is 23.2 Å². The summed E-state index contributed by atoms with van der Waals surface area (Å²) in [5.74, 6) is -0.988. The number of aromatic nitrogens is 4. The van der Waals surface area contributed by atoms with Crippen LogP contribution in [0.2, 0.25) is 10.3 Å². The Kier molecular flexibility index (Phi) is 6.10. The van der Waals surface area contributed by atoms with E-state index < -0.39 is 11.9 Å². The van der Waals surface area contributed by atoms with Crippen molar-refractivity contribution in [3.05, 3.63) is 39.9 Å². The Morgan fingerprint density at radius 1 is 1.25 bits per heavy atom. The van der Waals surface area contributed by atoms with Gasteiger partial charge >= 0.3 is 5.97 Å². The van der Waals surface area contributed by atoms with Crippen molar-refractivity contribution in [2.45, 2.75) is 20.4 Å². The largest absolute Gasteiger partial charge is 0.461 e. The van der Waals surface area contributed by atoms with E-state index in [2.05, 4.69) is 19.9 Å². The number of esters is 1. The molecule has 0 saturated heterocycles. The fourth-order valence-electron chi connectivity index (χ4n) is 1.97. The van der Waals surface area contributed by atoms with Crippen LogP contribution in [0.1, 0.15) is 40.5 Å². The lowest BCUT2D eigenvalue weighted by molar-refractivity contribution is 0.0515. The number of rotatable bonds is 6. The number of amides is 1. The van der Waals surface area contributed by atoms with Gasteiger partial charge in [0.2, 0.25) is 0 Å². The van der Waals surface area contributed by atoms with E-state index in [4.69, 9.17) is 27.9 Å². The molecule has 24 heavy (non-hydrogen) atoms. The zero-order chi connectivity index (χ0) is 17.7. The first kappa shape index (κ1) is 18.2. The molecule has 0 unspecified atom stereocenters. The molecule has 0 fully saturated rings. The maximum Gasteiger partial charge on any atom is 0.358 e. The van der Waals surface area contributed by atoms with E-state index >= 15 is 0 Å². The van der Waals surface area contributed by atoms with Gasteiger partial charge in [-0.2, -0.15) is 0 Å². The summed E-state index contributed by atoms with van der Waals surface area (Å²) in [6.07, 6.45) is 2.61. The van der Waals surface area contributed by atoms with Gasteiger partial charge in [0.1, 0.15) is 5.15 Å². The summed E-state index contributed by atoms with van der Waals surface area (Å²) >= 11 is 11.6. The average molecular weight is 372 g/mol. The molecule has 8 nitrogen and oxygen atoms in total. The highest BCUT2D eigenvalue weighted by atomic mass is 35.5. The van der Waals surface area contributed by atoms with Crippen LogP contribution in [0.15, 0.2) is 12.5 Å². The standard InChI is InChI=1S/C14H15Cl2N5O3/c1-3-21(13(22)11-12(16)20-9(15)5-17-11)6-8-10(19-7-18-8)14(23)24-4-2/h5,7H,3-4,6H2,1-2H3,(H,18,19). The first-order valence-corrected chi connectivity index (χ1v) is 7.90. The van der Waals surface area contributed by atoms with Crippen LogP contribution in [0.25, 0.3) is 0 Å². The zero-order valence-electron chi connectivity index (χ0n) is 13.0. The Morgan fingerprint density at radius 3 is 2.62 bits per heavy atom. The second-order valence-corrected chi connectivity index (χ2v) is 5.35. The minimum absolute atomic E-state index is 0.0138. The number of carbonyl (C=O) groups excluding carboxylic acids is 2. The molecule has 2 rings (SSSR count). The minimum atomic E-state index is -0.554. The Hall–Kier alpha value is -2.19. The molecular weight excluding hydrogens is 357 g/mol. The summed E-state index contributed by atoms with van der Waals surface area (Å²) in [6.45, 7) is 4.20. The number of imidazole rings is 1. The number of ether oxygens (including phenoxy) is 1. The molecule has 0 aromatic carbocycles. The van der Waals surface area contributed by atoms with Crippen molar-refractivity contribution in [3.8, 4) is 0 Å². The maximum absolute atomic E-state index is 12.6. The van der Waals surface area contributed by atoms with Crippen molar-refractivity contribution >= 4 is 35.1 Å². The molecule has 0 aliphatic heterocycles. The second-order valence-electron chi connectivity index (χ2n) is 4.60. The van der Waals surface area contributed by atoms with Crippen LogP contribution in [0.3, 0.4) is 0 Å². The van der Waals surface area contributed by atoms with Crippen molar-refractivity contribution in [1.82, 2.24) is 24.8 Å². The first-order chi connectivity index (χ1) is 11.5. The molecule has 10 heteroatoms. The van der Waals surface area contributed by atoms with Crippen LogP contribution in [0.5, 0.6) is 0 Å². The molecule has 1 amide bonds. The van der Waals surface area contributed by atoms with Crippen LogP contribution < -0.4 is 0 Å². The number of H-pyrrole nitrogens is 1. The number of aromatic amines is 1. The van der Waals surface area contributed by atoms with Gasteiger partial charge in [0, 0.05) is 6.54 Å². The molecule has 2 aromatic rings. The van der Waals surface area contributed by atoms with E-state index in [-0.39, 0.29) is 34.8 Å². The lowest BCUT2D eigenvalue weighted by atomic mass is 10.2. The molecule has 0 aliphatic carbocycles. The number of nitrogens with one attached hydrogen (secondary N) is 1. The Bertz CT molecular complexity index is 750. The summed E-state index contributed by atoms with van der Waals surface area (Å²) in [5, 5.41) is 0.0129. The predicted octanol–water partition coefficient (Wildman–Crippen LogP) is 2.35. The van der Waals surface area contributed by atoms with Gasteiger partial charge in [0.05, 0.1) is 31.4 Å². The van der Waals surface area contributed by atoms with E-state index in [0.717, 1.165) is 0 Å². The van der Waals surface area contributed by atoms with Gasteiger partial charge in [-0.15, -0.1) is 0 Å². The van der Waals surface area contributed by atoms with E-state index in [1.165, 1.54) is 17.4 Å². The van der Waals surface area contributed by atoms with Crippen LogP contribution >= 0.6 is 23.2 Å². The van der Waals surface area contributed by atoms with Crippen LogP contribution in [0, 0.1) is 0 Å². The summed E-state index contributed by atoms with van der Waals surface area (Å²) in [4.78, 5) is 40.4. The molecule has 0 bridgehead atoms. The summed E-state index contributed by atoms with van der Waals surface area (Å²) in [6, 6.07) is 0. The molecule has 128 valence electrons. The van der Waals surface area contributed by atoms with E-state index in [1.54, 1.807) is 13.8 Å². The van der Waals surface area contributed by atoms with Crippen molar-refractivity contribution in [2.75, 3.05) is 13.2 Å². The topological polar surface area (TPSA) is 101 Å². The van der Waals surface area contributed by atoms with E-state index in [1.807, 2.05) is 0 Å². The minimum Gasteiger partial charge on any atom is -0.461 e. The fraction of sp³-hybridized carbons (Fsp3) is 0.357. The quantitative estimate of drug-likeness (QED) is 0.781. The summed E-state index contributed by atoms with van der Waals surface area (Å²) in [7, 11) is 0. The monoisotopic (exact) mass is 371 g/mol. The highest BCUT2D eigenvalue weighted by Crippen LogP contribution is 2.17. The third-order valence-electron chi connectivity index (χ3n) is 3.11. The molecule has 1 N–H and O–H groups in total. The molecule has 2 aromatic heterocycles. The Balaban J connectivity index is 2.22. The van der Waals surface area contributed by atoms with Crippen molar-refractivity contribution in [2.24, 2.45) is 0 Å². The van der Waals surface area contributed by atoms with Crippen molar-refractivity contribution in [3.63, 3.8) is 0 Å². The van der Waals surface area contributed by atoms with Crippen LogP contribution in [-0.4, -0.2) is 49.9 Å². The molecule has 0 atom stereocenters. The Morgan fingerprint density at radius 2 is 2.00 bits per heavy atom. The second kappa shape index (κ2) is 8.07. The first-order valence-electron chi connectivity index (χ1n) is 7.14. The van der Waals surface area contributed by atoms with Crippen LogP contribution in [-0.2, 0) is 11.3 Å². The average Bonchev–Trinajstić information content (AvgIpc) is 3.00. The normalized spacial score (nSPS) is 10.5. The van der Waals surface area contributed by atoms with Gasteiger partial charge in [-0.25, -0.2) is 19.7 Å². The van der Waals surface area contributed by atoms with Gasteiger partial charge in [0.15, 0.2) is 16.5 Å². The lowest BCUT2D eigenvalue weighted by Crippen LogP contribution is -2.32. The van der Waals surface area contributed by atoms with E-state index in [0.29, 0.717) is 12.2 Å². The number of hydrogen-bond acceptors (Lipinski definition) is 6. The summed E-state index contributed by atoms with van der Waals surface area (Å²) < 4.78 is 4.94. The number of hydrogen-bond donors (Lipinski definition) is 1. The summed E-state index contributed by atoms with van der Waals surface area (Å²) in [5.41, 5.74) is 0.582. The predicted molar refractivity (Wildman–Crippen MR) is 87.0 cm³/mol. The highest BCUT2D eigenvalue weighted by Gasteiger charge is 2.23. The Labute approximate surface area is 148 Å². The van der Waals surface area contributed by atoms with Crippen LogP contribution in [0.4, 0.5) is 0 Å². The van der Waals surface area contributed by atoms with E-state index in [9.17, 15) is 9.59 Å². The lowest BCUT2D eigenvalue weighted by Gasteiger charge is -2.20. The van der Waals surface area contributed by atoms with Crippen molar-refractivity contribution in [1.29, 1.82) is 0 Å². The molecule has 0 radical (unpaired) electrons. The van der Waals surface area contributed by atoms with Gasteiger partial charge in [-0.3, -0.25) is 4.79 Å². The molecule has 0 spiro atoms. The van der Waals surface area contributed by atoms with Crippen molar-refractivity contribution < 1.29 is 14.3 Å². The molecular formula is C14H15Cl2N5O3. The highest BCUT2D eigenvalue weighted by molar-refractivity contribution is 6.34. The SMILES string of the molecule is CCOC(=O)c1nc[nH]c1CN(CC)C(=O)c1ncc(Cl)nc1Cl. The smallest absolute Gasteiger partial charge is 0.358 e. The zero-order valence-corrected chi connectivity index (χ0v) is 14.6. The molecule has 0 aliphatic rings. The van der Waals surface area contributed by atoms with Gasteiger partial charge in [-0.05, 0) is 13.8 Å². The molecule has 0 saturated carbocycles. The number of carbonyl (C=O) groups is 2. The third-order valence-corrected chi connectivity index (χ3v) is 3.55. The maximum atomic E-state index is 12.6. The number of nitrogens with zero attached hydrogens (tertiary/aromatic N) is 4. The van der Waals surface area contributed by atoms with Gasteiger partial charge < -0.3 is 14.6 Å². The number of halogens is 2. The fourth-order valence-corrected chi connectivity index (χ4v) is 2.37. The third kappa shape index (κ3) is 4.01. The molecule has 2 heterocycles. The van der Waals surface area contributed by atoms with Gasteiger partial charge in [0.25, 0.3) is 5.91 Å².